The molecule has 104 valence electrons. The first kappa shape index (κ1) is 14.2. The van der Waals surface area contributed by atoms with Crippen LogP contribution in [0.4, 0.5) is 4.39 Å². The van der Waals surface area contributed by atoms with Gasteiger partial charge in [0, 0.05) is 31.1 Å². The van der Waals surface area contributed by atoms with E-state index in [-0.39, 0.29) is 11.6 Å². The number of carbonyl (C=O) groups is 1. The van der Waals surface area contributed by atoms with Crippen LogP contribution in [0.3, 0.4) is 0 Å². The maximum absolute atomic E-state index is 13.4. The third kappa shape index (κ3) is 3.61. The number of hydrogen-bond acceptors (Lipinski definition) is 3. The summed E-state index contributed by atoms with van der Waals surface area (Å²) in [6.07, 6.45) is 0.423. The van der Waals surface area contributed by atoms with Crippen molar-refractivity contribution in [2.24, 2.45) is 0 Å². The van der Waals surface area contributed by atoms with E-state index in [0.717, 1.165) is 13.2 Å². The van der Waals surface area contributed by atoms with Crippen LogP contribution in [0.1, 0.15) is 29.3 Å². The Morgan fingerprint density at radius 1 is 1.53 bits per heavy atom. The van der Waals surface area contributed by atoms with E-state index in [2.05, 4.69) is 11.8 Å². The molecule has 1 aliphatic rings. The largest absolute Gasteiger partial charge is 0.379 e. The van der Waals surface area contributed by atoms with Gasteiger partial charge in [-0.3, -0.25) is 9.69 Å². The van der Waals surface area contributed by atoms with Crippen molar-refractivity contribution in [2.75, 3.05) is 26.3 Å². The normalized spacial score (nSPS) is 20.5. The molecule has 1 fully saturated rings. The van der Waals surface area contributed by atoms with Crippen molar-refractivity contribution < 1.29 is 13.9 Å². The third-order valence-corrected chi connectivity index (χ3v) is 3.63. The zero-order valence-corrected chi connectivity index (χ0v) is 11.5. The molecule has 2 rings (SSSR count). The molecule has 19 heavy (non-hydrogen) atoms. The Kier molecular flexibility index (Phi) is 4.66. The van der Waals surface area contributed by atoms with Gasteiger partial charge in [0.2, 0.25) is 0 Å². The molecule has 1 heterocycles. The highest BCUT2D eigenvalue weighted by atomic mass is 19.1. The number of carbonyl (C=O) groups excluding carboxylic acids is 1. The van der Waals surface area contributed by atoms with Crippen molar-refractivity contribution in [2.45, 2.75) is 26.3 Å². The average Bonchev–Trinajstić information content (AvgIpc) is 2.40. The smallest absolute Gasteiger partial charge is 0.164 e. The van der Waals surface area contributed by atoms with E-state index >= 15 is 0 Å². The Hall–Kier alpha value is -1.26. The van der Waals surface area contributed by atoms with Gasteiger partial charge in [-0.2, -0.15) is 0 Å². The molecule has 0 bridgehead atoms. The topological polar surface area (TPSA) is 29.5 Å². The molecule has 1 aliphatic heterocycles. The summed E-state index contributed by atoms with van der Waals surface area (Å²) in [5, 5.41) is 0. The number of aryl methyl sites for hydroxylation is 1. The summed E-state index contributed by atoms with van der Waals surface area (Å²) in [7, 11) is 0. The summed E-state index contributed by atoms with van der Waals surface area (Å²) in [5.41, 5.74) is 1.03. The molecule has 1 aromatic carbocycles. The fraction of sp³-hybridized carbons (Fsp3) is 0.533. The molecule has 1 saturated heterocycles. The summed E-state index contributed by atoms with van der Waals surface area (Å²) in [6, 6.07) is 5.03. The maximum Gasteiger partial charge on any atom is 0.164 e. The van der Waals surface area contributed by atoms with E-state index in [1.54, 1.807) is 19.1 Å². The van der Waals surface area contributed by atoms with Gasteiger partial charge in [-0.1, -0.05) is 12.1 Å². The highest BCUT2D eigenvalue weighted by molar-refractivity contribution is 5.96. The molecule has 0 saturated carbocycles. The van der Waals surface area contributed by atoms with Crippen molar-refractivity contribution in [1.82, 2.24) is 4.90 Å². The first-order valence-corrected chi connectivity index (χ1v) is 6.69. The first-order valence-electron chi connectivity index (χ1n) is 6.69. The Bertz CT molecular complexity index is 461. The van der Waals surface area contributed by atoms with Crippen LogP contribution in [0.2, 0.25) is 0 Å². The molecule has 0 aromatic heterocycles. The lowest BCUT2D eigenvalue weighted by atomic mass is 10.1. The fourth-order valence-corrected chi connectivity index (χ4v) is 2.25. The van der Waals surface area contributed by atoms with E-state index in [9.17, 15) is 9.18 Å². The molecule has 3 nitrogen and oxygen atoms in total. The van der Waals surface area contributed by atoms with Gasteiger partial charge in [-0.15, -0.1) is 0 Å². The highest BCUT2D eigenvalue weighted by Crippen LogP contribution is 2.13. The Balaban J connectivity index is 1.91. The molecule has 0 amide bonds. The lowest BCUT2D eigenvalue weighted by Crippen LogP contribution is -2.44. The zero-order chi connectivity index (χ0) is 13.8. The Morgan fingerprint density at radius 2 is 2.32 bits per heavy atom. The summed E-state index contributed by atoms with van der Waals surface area (Å²) < 4.78 is 18.8. The van der Waals surface area contributed by atoms with E-state index in [4.69, 9.17) is 4.74 Å². The number of nitrogens with zero attached hydrogens (tertiary/aromatic N) is 1. The molecule has 0 radical (unpaired) electrons. The van der Waals surface area contributed by atoms with Crippen molar-refractivity contribution in [1.29, 1.82) is 0 Å². The van der Waals surface area contributed by atoms with Crippen molar-refractivity contribution >= 4 is 5.78 Å². The zero-order valence-electron chi connectivity index (χ0n) is 11.5. The van der Waals surface area contributed by atoms with E-state index < -0.39 is 0 Å². The van der Waals surface area contributed by atoms with Crippen LogP contribution in [0, 0.1) is 12.7 Å². The van der Waals surface area contributed by atoms with Gasteiger partial charge in [0.25, 0.3) is 0 Å². The third-order valence-electron chi connectivity index (χ3n) is 3.63. The molecule has 0 N–H and O–H groups in total. The van der Waals surface area contributed by atoms with Gasteiger partial charge >= 0.3 is 0 Å². The molecular weight excluding hydrogens is 245 g/mol. The van der Waals surface area contributed by atoms with Gasteiger partial charge in [0.15, 0.2) is 5.78 Å². The Labute approximate surface area is 113 Å². The lowest BCUT2D eigenvalue weighted by Gasteiger charge is -2.32. The molecule has 4 heteroatoms. The van der Waals surface area contributed by atoms with Crippen LogP contribution < -0.4 is 0 Å². The molecule has 0 spiro atoms. The number of Topliss-reactive ketones (excluding diaryl/α,β-unsaturated/α-hetero) is 1. The molecule has 1 unspecified atom stereocenters. The van der Waals surface area contributed by atoms with Gasteiger partial charge in [0.05, 0.1) is 13.2 Å². The van der Waals surface area contributed by atoms with Crippen LogP contribution in [-0.4, -0.2) is 43.0 Å². The summed E-state index contributed by atoms with van der Waals surface area (Å²) >= 11 is 0. The van der Waals surface area contributed by atoms with Crippen LogP contribution in [0.25, 0.3) is 0 Å². The number of benzene rings is 1. The maximum atomic E-state index is 13.4. The van der Waals surface area contributed by atoms with Crippen molar-refractivity contribution in [3.63, 3.8) is 0 Å². The molecule has 1 aromatic rings. The summed E-state index contributed by atoms with van der Waals surface area (Å²) in [6.45, 7) is 6.79. The quantitative estimate of drug-likeness (QED) is 0.783. The van der Waals surface area contributed by atoms with E-state index in [1.807, 2.05) is 0 Å². The molecule has 1 atom stereocenters. The fourth-order valence-electron chi connectivity index (χ4n) is 2.25. The monoisotopic (exact) mass is 265 g/mol. The SMILES string of the molecule is Cc1ccc(C(=O)CCN2CCOCC2C)cc1F. The average molecular weight is 265 g/mol. The standard InChI is InChI=1S/C15H20FNO2/c1-11-3-4-13(9-14(11)16)15(18)5-6-17-7-8-19-10-12(17)2/h3-4,9,12H,5-8,10H2,1-2H3. The summed E-state index contributed by atoms with van der Waals surface area (Å²) in [4.78, 5) is 14.3. The number of hydrogen-bond donors (Lipinski definition) is 0. The number of halogens is 1. The lowest BCUT2D eigenvalue weighted by molar-refractivity contribution is -0.000209. The van der Waals surface area contributed by atoms with Gasteiger partial charge < -0.3 is 4.74 Å². The van der Waals surface area contributed by atoms with Crippen molar-refractivity contribution in [3.8, 4) is 0 Å². The van der Waals surface area contributed by atoms with Crippen molar-refractivity contribution in [3.05, 3.63) is 35.1 Å². The second-order valence-electron chi connectivity index (χ2n) is 5.10. The minimum Gasteiger partial charge on any atom is -0.379 e. The van der Waals surface area contributed by atoms with Crippen LogP contribution in [-0.2, 0) is 4.74 Å². The number of morpholine rings is 1. The highest BCUT2D eigenvalue weighted by Gasteiger charge is 2.19. The second kappa shape index (κ2) is 6.26. The van der Waals surface area contributed by atoms with E-state index in [0.29, 0.717) is 36.7 Å². The number of ketones is 1. The number of rotatable bonds is 4. The number of ether oxygens (including phenoxy) is 1. The predicted molar refractivity (Wildman–Crippen MR) is 71.9 cm³/mol. The predicted octanol–water partition coefficient (Wildman–Crippen LogP) is 2.43. The summed E-state index contributed by atoms with van der Waals surface area (Å²) in [5.74, 6) is -0.316. The van der Waals surface area contributed by atoms with Crippen LogP contribution in [0.5, 0.6) is 0 Å². The minimum atomic E-state index is -0.314. The van der Waals surface area contributed by atoms with Crippen LogP contribution >= 0.6 is 0 Å². The molecule has 0 aliphatic carbocycles. The Morgan fingerprint density at radius 3 is 3.00 bits per heavy atom. The first-order chi connectivity index (χ1) is 9.08. The van der Waals surface area contributed by atoms with Crippen LogP contribution in [0.15, 0.2) is 18.2 Å². The van der Waals surface area contributed by atoms with Gasteiger partial charge in [-0.25, -0.2) is 4.39 Å². The second-order valence-corrected chi connectivity index (χ2v) is 5.10. The minimum absolute atomic E-state index is 0.00223. The van der Waals surface area contributed by atoms with Gasteiger partial charge in [-0.05, 0) is 25.5 Å². The molecular formula is C15H20FNO2. The van der Waals surface area contributed by atoms with E-state index in [1.165, 1.54) is 6.07 Å². The van der Waals surface area contributed by atoms with Gasteiger partial charge in [0.1, 0.15) is 5.82 Å².